The van der Waals surface area contributed by atoms with Crippen molar-refractivity contribution < 1.29 is 14.3 Å². The van der Waals surface area contributed by atoms with Crippen molar-refractivity contribution in [1.29, 1.82) is 0 Å². The highest BCUT2D eigenvalue weighted by Crippen LogP contribution is 2.18. The van der Waals surface area contributed by atoms with Gasteiger partial charge < -0.3 is 10.1 Å². The number of benzene rings is 1. The Labute approximate surface area is 118 Å². The summed E-state index contributed by atoms with van der Waals surface area (Å²) in [5, 5.41) is 3.45. The highest BCUT2D eigenvalue weighted by atomic mass is 35.5. The lowest BCUT2D eigenvalue weighted by Gasteiger charge is -2.16. The largest absolute Gasteiger partial charge is 0.469 e. The predicted molar refractivity (Wildman–Crippen MR) is 74.6 cm³/mol. The average Bonchev–Trinajstić information content (AvgIpc) is 2.41. The summed E-state index contributed by atoms with van der Waals surface area (Å²) in [6.07, 6.45) is 0.599. The van der Waals surface area contributed by atoms with Crippen LogP contribution in [0.5, 0.6) is 0 Å². The van der Waals surface area contributed by atoms with Crippen molar-refractivity contribution in [3.8, 4) is 0 Å². The van der Waals surface area contributed by atoms with Gasteiger partial charge in [0.15, 0.2) is 5.78 Å². The molecule has 0 fully saturated rings. The van der Waals surface area contributed by atoms with Gasteiger partial charge in [0.1, 0.15) is 0 Å². The Morgan fingerprint density at radius 2 is 2.11 bits per heavy atom. The third-order valence-corrected chi connectivity index (χ3v) is 3.23. The standard InChI is InChI=1S/C14H18ClNO3/c1-9-4-5-10(15)8-11(9)14(18)12(16-2)6-7-13(17)19-3/h4-5,8,12,16H,6-7H2,1-3H3. The van der Waals surface area contributed by atoms with Crippen LogP contribution < -0.4 is 5.32 Å². The van der Waals surface area contributed by atoms with Crippen LogP contribution in [-0.2, 0) is 9.53 Å². The maximum absolute atomic E-state index is 12.4. The van der Waals surface area contributed by atoms with Gasteiger partial charge in [0.2, 0.25) is 0 Å². The van der Waals surface area contributed by atoms with E-state index in [2.05, 4.69) is 10.1 Å². The van der Waals surface area contributed by atoms with Crippen molar-refractivity contribution in [3.05, 3.63) is 34.3 Å². The number of halogens is 1. The zero-order valence-electron chi connectivity index (χ0n) is 11.3. The van der Waals surface area contributed by atoms with Crippen LogP contribution in [0, 0.1) is 6.92 Å². The van der Waals surface area contributed by atoms with E-state index in [1.165, 1.54) is 7.11 Å². The monoisotopic (exact) mass is 283 g/mol. The van der Waals surface area contributed by atoms with Gasteiger partial charge in [0.25, 0.3) is 0 Å². The summed E-state index contributed by atoms with van der Waals surface area (Å²) >= 11 is 5.91. The second-order valence-corrected chi connectivity index (χ2v) is 4.72. The summed E-state index contributed by atoms with van der Waals surface area (Å²) in [5.41, 5.74) is 1.45. The predicted octanol–water partition coefficient (Wildman–Crippen LogP) is 2.37. The molecule has 1 aromatic carbocycles. The third kappa shape index (κ3) is 4.33. The molecular weight excluding hydrogens is 266 g/mol. The van der Waals surface area contributed by atoms with Crippen molar-refractivity contribution in [3.63, 3.8) is 0 Å². The van der Waals surface area contributed by atoms with Gasteiger partial charge in [0.05, 0.1) is 13.2 Å². The summed E-state index contributed by atoms with van der Waals surface area (Å²) in [5.74, 6) is -0.387. The number of ether oxygens (including phenoxy) is 1. The number of aryl methyl sites for hydroxylation is 1. The average molecular weight is 284 g/mol. The van der Waals surface area contributed by atoms with Crippen LogP contribution in [-0.4, -0.2) is 32.0 Å². The first-order chi connectivity index (χ1) is 8.99. The van der Waals surface area contributed by atoms with Gasteiger partial charge in [-0.3, -0.25) is 9.59 Å². The van der Waals surface area contributed by atoms with E-state index < -0.39 is 6.04 Å². The third-order valence-electron chi connectivity index (χ3n) is 2.99. The highest BCUT2D eigenvalue weighted by molar-refractivity contribution is 6.31. The smallest absolute Gasteiger partial charge is 0.305 e. The molecule has 1 unspecified atom stereocenters. The first-order valence-electron chi connectivity index (χ1n) is 6.04. The fourth-order valence-corrected chi connectivity index (χ4v) is 1.99. The summed E-state index contributed by atoms with van der Waals surface area (Å²) < 4.78 is 4.57. The van der Waals surface area contributed by atoms with E-state index in [-0.39, 0.29) is 18.2 Å². The number of rotatable bonds is 6. The van der Waals surface area contributed by atoms with Crippen LogP contribution in [0.3, 0.4) is 0 Å². The Morgan fingerprint density at radius 1 is 1.42 bits per heavy atom. The van der Waals surface area contributed by atoms with Crippen LogP contribution in [0.15, 0.2) is 18.2 Å². The quantitative estimate of drug-likeness (QED) is 0.643. The van der Waals surface area contributed by atoms with E-state index in [1.54, 1.807) is 19.2 Å². The maximum atomic E-state index is 12.4. The Morgan fingerprint density at radius 3 is 2.68 bits per heavy atom. The van der Waals surface area contributed by atoms with E-state index in [0.717, 1.165) is 5.56 Å². The minimum Gasteiger partial charge on any atom is -0.469 e. The Hall–Kier alpha value is -1.39. The molecule has 1 rings (SSSR count). The zero-order chi connectivity index (χ0) is 14.4. The minimum atomic E-state index is -0.420. The Bertz CT molecular complexity index is 474. The molecule has 0 spiro atoms. The number of methoxy groups -OCH3 is 1. The van der Waals surface area contributed by atoms with Crippen LogP contribution in [0.4, 0.5) is 0 Å². The van der Waals surface area contributed by atoms with Gasteiger partial charge in [-0.1, -0.05) is 17.7 Å². The molecule has 1 atom stereocenters. The van der Waals surface area contributed by atoms with Crippen molar-refractivity contribution in [2.45, 2.75) is 25.8 Å². The fourth-order valence-electron chi connectivity index (χ4n) is 1.82. The first-order valence-corrected chi connectivity index (χ1v) is 6.41. The van der Waals surface area contributed by atoms with Crippen molar-refractivity contribution in [2.75, 3.05) is 14.2 Å². The molecule has 0 bridgehead atoms. The number of esters is 1. The summed E-state index contributed by atoms with van der Waals surface area (Å²) in [6, 6.07) is 4.79. The topological polar surface area (TPSA) is 55.4 Å². The zero-order valence-corrected chi connectivity index (χ0v) is 12.1. The second-order valence-electron chi connectivity index (χ2n) is 4.28. The Balaban J connectivity index is 2.83. The van der Waals surface area contributed by atoms with E-state index >= 15 is 0 Å². The molecule has 0 amide bonds. The minimum absolute atomic E-state index is 0.0635. The number of Topliss-reactive ketones (excluding diaryl/α,β-unsaturated/α-hetero) is 1. The molecule has 0 aliphatic carbocycles. The van der Waals surface area contributed by atoms with Crippen LogP contribution in [0.25, 0.3) is 0 Å². The van der Waals surface area contributed by atoms with E-state index in [1.807, 2.05) is 13.0 Å². The van der Waals surface area contributed by atoms with Gasteiger partial charge in [0, 0.05) is 17.0 Å². The molecule has 0 aliphatic heterocycles. The first kappa shape index (κ1) is 15.7. The lowest BCUT2D eigenvalue weighted by molar-refractivity contribution is -0.140. The van der Waals surface area contributed by atoms with Gasteiger partial charge >= 0.3 is 5.97 Å². The molecule has 104 valence electrons. The number of nitrogens with one attached hydrogen (secondary N) is 1. The summed E-state index contributed by atoms with van der Waals surface area (Å²) in [4.78, 5) is 23.5. The van der Waals surface area contributed by atoms with Crippen molar-refractivity contribution in [1.82, 2.24) is 5.32 Å². The number of carbonyl (C=O) groups excluding carboxylic acids is 2. The fraction of sp³-hybridized carbons (Fsp3) is 0.429. The number of hydrogen-bond donors (Lipinski definition) is 1. The Kier molecular flexibility index (Phi) is 5.99. The van der Waals surface area contributed by atoms with Crippen molar-refractivity contribution >= 4 is 23.4 Å². The lowest BCUT2D eigenvalue weighted by atomic mass is 9.97. The van der Waals surface area contributed by atoms with Crippen LogP contribution >= 0.6 is 11.6 Å². The lowest BCUT2D eigenvalue weighted by Crippen LogP contribution is -2.35. The van der Waals surface area contributed by atoms with Gasteiger partial charge in [-0.15, -0.1) is 0 Å². The number of carbonyl (C=O) groups is 2. The molecule has 0 aromatic heterocycles. The number of ketones is 1. The number of hydrogen-bond acceptors (Lipinski definition) is 4. The molecule has 0 radical (unpaired) electrons. The molecular formula is C14H18ClNO3. The number of likely N-dealkylation sites (N-methyl/N-ethyl adjacent to an activating group) is 1. The highest BCUT2D eigenvalue weighted by Gasteiger charge is 2.21. The molecule has 5 heteroatoms. The van der Waals surface area contributed by atoms with E-state index in [4.69, 9.17) is 11.6 Å². The normalized spacial score (nSPS) is 12.0. The molecule has 0 aliphatic rings. The van der Waals surface area contributed by atoms with Gasteiger partial charge in [-0.2, -0.15) is 0 Å². The van der Waals surface area contributed by atoms with Crippen LogP contribution in [0.2, 0.25) is 5.02 Å². The van der Waals surface area contributed by atoms with Crippen molar-refractivity contribution in [2.24, 2.45) is 0 Å². The molecule has 0 saturated heterocycles. The molecule has 0 heterocycles. The van der Waals surface area contributed by atoms with E-state index in [0.29, 0.717) is 17.0 Å². The molecule has 1 aromatic rings. The molecule has 19 heavy (non-hydrogen) atoms. The molecule has 4 nitrogen and oxygen atoms in total. The summed E-state index contributed by atoms with van der Waals surface area (Å²) in [6.45, 7) is 1.86. The molecule has 1 N–H and O–H groups in total. The summed E-state index contributed by atoms with van der Waals surface area (Å²) in [7, 11) is 3.03. The van der Waals surface area contributed by atoms with Crippen LogP contribution in [0.1, 0.15) is 28.8 Å². The van der Waals surface area contributed by atoms with Gasteiger partial charge in [-0.25, -0.2) is 0 Å². The second kappa shape index (κ2) is 7.26. The molecule has 0 saturated carbocycles. The van der Waals surface area contributed by atoms with Gasteiger partial charge in [-0.05, 0) is 38.1 Å². The van der Waals surface area contributed by atoms with E-state index in [9.17, 15) is 9.59 Å². The maximum Gasteiger partial charge on any atom is 0.305 e. The SMILES string of the molecule is CNC(CCC(=O)OC)C(=O)c1cc(Cl)ccc1C.